The Bertz CT molecular complexity index is 87.0. The van der Waals surface area contributed by atoms with Crippen molar-refractivity contribution in [3.8, 4) is 0 Å². The molecular formula is C3H3F3NO. The van der Waals surface area contributed by atoms with E-state index in [2.05, 4.69) is 9.73 Å². The van der Waals surface area contributed by atoms with Crippen LogP contribution in [0, 0.1) is 0 Å². The molecule has 2 nitrogen and oxygen atoms in total. The molecule has 8 heavy (non-hydrogen) atoms. The Morgan fingerprint density at radius 3 is 2.12 bits per heavy atom. The summed E-state index contributed by atoms with van der Waals surface area (Å²) in [6.45, 7) is 0. The minimum Gasteiger partial charge on any atom is -0.382 e. The summed E-state index contributed by atoms with van der Waals surface area (Å²) in [5.41, 5.74) is 0. The topological polar surface area (TPSA) is 21.6 Å². The quantitative estimate of drug-likeness (QED) is 0.380. The van der Waals surface area contributed by atoms with E-state index in [9.17, 15) is 13.2 Å². The molecule has 0 N–H and O–H groups in total. The molecule has 0 aromatic carbocycles. The van der Waals surface area contributed by atoms with Gasteiger partial charge in [-0.15, -0.1) is 13.2 Å². The van der Waals surface area contributed by atoms with Crippen LogP contribution < -0.4 is 0 Å². The van der Waals surface area contributed by atoms with Gasteiger partial charge in [0.25, 0.3) is 6.40 Å². The van der Waals surface area contributed by atoms with E-state index >= 15 is 0 Å². The van der Waals surface area contributed by atoms with E-state index in [1.54, 1.807) is 0 Å². The molecule has 0 rings (SSSR count). The summed E-state index contributed by atoms with van der Waals surface area (Å²) in [5.74, 6) is 0. The summed E-state index contributed by atoms with van der Waals surface area (Å²) in [5, 5.41) is 0. The van der Waals surface area contributed by atoms with Crippen LogP contribution in [0.4, 0.5) is 13.2 Å². The number of aliphatic imine (C=N–C) groups is 1. The van der Waals surface area contributed by atoms with E-state index in [1.165, 1.54) is 6.40 Å². The molecule has 47 valence electrons. The Kier molecular flexibility index (Phi) is 2.30. The second-order valence-corrected chi connectivity index (χ2v) is 0.863. The molecule has 1 radical (unpaired) electrons. The van der Waals surface area contributed by atoms with E-state index in [1.807, 2.05) is 0 Å². The first-order valence-electron chi connectivity index (χ1n) is 1.65. The van der Waals surface area contributed by atoms with Gasteiger partial charge in [-0.2, -0.15) is 0 Å². The largest absolute Gasteiger partial charge is 0.574 e. The smallest absolute Gasteiger partial charge is 0.382 e. The van der Waals surface area contributed by atoms with Crippen LogP contribution in [0.25, 0.3) is 0 Å². The molecule has 0 aromatic rings. The first kappa shape index (κ1) is 7.26. The Labute approximate surface area is 44.0 Å². The number of hydrogen-bond donors (Lipinski definition) is 0. The molecule has 0 heterocycles. The van der Waals surface area contributed by atoms with Crippen LogP contribution in [-0.2, 0) is 4.74 Å². The first-order valence-corrected chi connectivity index (χ1v) is 1.65. The van der Waals surface area contributed by atoms with Crippen molar-refractivity contribution < 1.29 is 17.9 Å². The molecule has 5 heteroatoms. The standard InChI is InChI=1S/C3H3F3NO/c1-7-2-8-3(4,5)6/h1H3. The first-order chi connectivity index (χ1) is 3.56. The lowest BCUT2D eigenvalue weighted by Gasteiger charge is -1.98. The van der Waals surface area contributed by atoms with Crippen molar-refractivity contribution in [1.29, 1.82) is 0 Å². The SMILES string of the molecule is C/N=[C]/OC(F)(F)F. The molecule has 0 aliphatic rings. The average molecular weight is 126 g/mol. The highest BCUT2D eigenvalue weighted by Crippen LogP contribution is 2.13. The van der Waals surface area contributed by atoms with Gasteiger partial charge >= 0.3 is 6.36 Å². The molecule has 0 unspecified atom stereocenters. The third-order valence-electron chi connectivity index (χ3n) is 0.253. The van der Waals surface area contributed by atoms with Crippen LogP contribution in [-0.4, -0.2) is 19.8 Å². The zero-order valence-electron chi connectivity index (χ0n) is 3.99. The summed E-state index contributed by atoms with van der Waals surface area (Å²) in [4.78, 5) is 2.83. The van der Waals surface area contributed by atoms with Crippen LogP contribution in [0.5, 0.6) is 0 Å². The molecule has 0 aromatic heterocycles. The number of nitrogens with zero attached hydrogens (tertiary/aromatic N) is 1. The van der Waals surface area contributed by atoms with Crippen LogP contribution in [0.15, 0.2) is 4.99 Å². The number of halogens is 3. The zero-order valence-corrected chi connectivity index (χ0v) is 3.99. The van der Waals surface area contributed by atoms with Crippen molar-refractivity contribution in [2.24, 2.45) is 4.99 Å². The molecule has 0 bridgehead atoms. The maximum atomic E-state index is 10.9. The van der Waals surface area contributed by atoms with Crippen LogP contribution in [0.2, 0.25) is 0 Å². The van der Waals surface area contributed by atoms with Crippen molar-refractivity contribution in [3.05, 3.63) is 0 Å². The van der Waals surface area contributed by atoms with Gasteiger partial charge in [0.15, 0.2) is 0 Å². The molecule has 0 aliphatic heterocycles. The Morgan fingerprint density at radius 2 is 2.00 bits per heavy atom. The zero-order chi connectivity index (χ0) is 6.62. The molecule has 0 saturated heterocycles. The van der Waals surface area contributed by atoms with Gasteiger partial charge in [0.1, 0.15) is 0 Å². The van der Waals surface area contributed by atoms with Crippen molar-refractivity contribution in [3.63, 3.8) is 0 Å². The Hall–Kier alpha value is -0.740. The maximum absolute atomic E-state index is 10.9. The fourth-order valence-electron chi connectivity index (χ4n) is 0.0974. The van der Waals surface area contributed by atoms with Crippen LogP contribution in [0.1, 0.15) is 0 Å². The van der Waals surface area contributed by atoms with Gasteiger partial charge < -0.3 is 4.74 Å². The summed E-state index contributed by atoms with van der Waals surface area (Å²) < 4.78 is 35.7. The van der Waals surface area contributed by atoms with Crippen LogP contribution >= 0.6 is 0 Å². The fourth-order valence-corrected chi connectivity index (χ4v) is 0.0974. The summed E-state index contributed by atoms with van der Waals surface area (Å²) in [7, 11) is 1.13. The second-order valence-electron chi connectivity index (χ2n) is 0.863. The summed E-state index contributed by atoms with van der Waals surface area (Å²) in [6.07, 6.45) is -3.37. The third-order valence-corrected chi connectivity index (χ3v) is 0.253. The predicted octanol–water partition coefficient (Wildman–Crippen LogP) is 1.06. The molecule has 0 fully saturated rings. The normalized spacial score (nSPS) is 12.5. The van der Waals surface area contributed by atoms with E-state index < -0.39 is 6.36 Å². The Morgan fingerprint density at radius 1 is 1.50 bits per heavy atom. The minimum absolute atomic E-state index is 1.13. The van der Waals surface area contributed by atoms with Crippen LogP contribution in [0.3, 0.4) is 0 Å². The lowest BCUT2D eigenvalue weighted by Crippen LogP contribution is -2.11. The number of alkyl halides is 3. The Balaban J connectivity index is 3.39. The number of rotatable bonds is 1. The molecule has 0 atom stereocenters. The van der Waals surface area contributed by atoms with E-state index in [-0.39, 0.29) is 0 Å². The van der Waals surface area contributed by atoms with Crippen molar-refractivity contribution in [1.82, 2.24) is 0 Å². The molecular weight excluding hydrogens is 123 g/mol. The van der Waals surface area contributed by atoms with Gasteiger partial charge in [-0.25, -0.2) is 0 Å². The monoisotopic (exact) mass is 126 g/mol. The average Bonchev–Trinajstić information content (AvgIpc) is 1.59. The summed E-state index contributed by atoms with van der Waals surface area (Å²) >= 11 is 0. The van der Waals surface area contributed by atoms with E-state index in [0.717, 1.165) is 7.05 Å². The molecule has 0 amide bonds. The molecule has 0 spiro atoms. The van der Waals surface area contributed by atoms with Crippen molar-refractivity contribution in [2.45, 2.75) is 6.36 Å². The number of hydrogen-bond acceptors (Lipinski definition) is 2. The van der Waals surface area contributed by atoms with Gasteiger partial charge in [0.2, 0.25) is 0 Å². The van der Waals surface area contributed by atoms with Crippen molar-refractivity contribution >= 4 is 6.40 Å². The van der Waals surface area contributed by atoms with E-state index in [0.29, 0.717) is 0 Å². The number of ether oxygens (including phenoxy) is 1. The highest BCUT2D eigenvalue weighted by Gasteiger charge is 2.29. The lowest BCUT2D eigenvalue weighted by atomic mass is 11.2. The second kappa shape index (κ2) is 2.54. The maximum Gasteiger partial charge on any atom is 0.574 e. The fraction of sp³-hybridized carbons (Fsp3) is 0.667. The van der Waals surface area contributed by atoms with Gasteiger partial charge in [0, 0.05) is 7.05 Å². The van der Waals surface area contributed by atoms with Gasteiger partial charge in [-0.05, 0) is 0 Å². The molecule has 0 aliphatic carbocycles. The predicted molar refractivity (Wildman–Crippen MR) is 20.5 cm³/mol. The van der Waals surface area contributed by atoms with Gasteiger partial charge in [-0.1, -0.05) is 0 Å². The van der Waals surface area contributed by atoms with Gasteiger partial charge in [-0.3, -0.25) is 4.99 Å². The third kappa shape index (κ3) is 5.26. The lowest BCUT2D eigenvalue weighted by molar-refractivity contribution is -0.280. The van der Waals surface area contributed by atoms with Crippen molar-refractivity contribution in [2.75, 3.05) is 7.05 Å². The van der Waals surface area contributed by atoms with E-state index in [4.69, 9.17) is 0 Å². The molecule has 0 saturated carbocycles. The van der Waals surface area contributed by atoms with Gasteiger partial charge in [0.05, 0.1) is 0 Å². The highest BCUT2D eigenvalue weighted by molar-refractivity contribution is 5.45. The minimum atomic E-state index is -4.65. The highest BCUT2D eigenvalue weighted by atomic mass is 19.4. The summed E-state index contributed by atoms with van der Waals surface area (Å²) in [6, 6.07) is 0.